The monoisotopic (exact) mass is 399 g/mol. The van der Waals surface area contributed by atoms with Gasteiger partial charge in [-0.25, -0.2) is 13.1 Å². The second kappa shape index (κ2) is 9.91. The normalized spacial score (nSPS) is 16.1. The van der Waals surface area contributed by atoms with Crippen molar-refractivity contribution in [3.8, 4) is 11.5 Å². The van der Waals surface area contributed by atoms with Gasteiger partial charge in [-0.2, -0.15) is 0 Å². The van der Waals surface area contributed by atoms with E-state index in [4.69, 9.17) is 9.47 Å². The maximum atomic E-state index is 12.4. The molecule has 0 saturated carbocycles. The predicted molar refractivity (Wildman–Crippen MR) is 104 cm³/mol. The standard InChI is InChI=1S/C18H29N3O5S/c1-25-16-10-15(11-17(12-16)26-2)18(22)19-13-14-4-7-21(8-5-14)9-6-20-27(3,23)24/h10-12,14,20H,4-9,13H2,1-3H3,(H,19,22). The highest BCUT2D eigenvalue weighted by atomic mass is 32.2. The van der Waals surface area contributed by atoms with Crippen molar-refractivity contribution in [2.75, 3.05) is 53.2 Å². The van der Waals surface area contributed by atoms with Crippen LogP contribution >= 0.6 is 0 Å². The van der Waals surface area contributed by atoms with Crippen LogP contribution in [0.5, 0.6) is 11.5 Å². The Kier molecular flexibility index (Phi) is 7.88. The SMILES string of the molecule is COc1cc(OC)cc(C(=O)NCC2CCN(CCNS(C)(=O)=O)CC2)c1. The van der Waals surface area contributed by atoms with Gasteiger partial charge in [0.15, 0.2) is 0 Å². The lowest BCUT2D eigenvalue weighted by Gasteiger charge is -2.31. The molecule has 1 heterocycles. The molecular formula is C18H29N3O5S. The van der Waals surface area contributed by atoms with Crippen molar-refractivity contribution >= 4 is 15.9 Å². The van der Waals surface area contributed by atoms with Crippen molar-refractivity contribution in [1.82, 2.24) is 14.9 Å². The average Bonchev–Trinajstić information content (AvgIpc) is 2.65. The summed E-state index contributed by atoms with van der Waals surface area (Å²) in [5.41, 5.74) is 0.510. The summed E-state index contributed by atoms with van der Waals surface area (Å²) < 4.78 is 35.1. The van der Waals surface area contributed by atoms with Crippen LogP contribution in [0.25, 0.3) is 0 Å². The highest BCUT2D eigenvalue weighted by molar-refractivity contribution is 7.88. The van der Waals surface area contributed by atoms with Crippen molar-refractivity contribution in [2.24, 2.45) is 5.92 Å². The van der Waals surface area contributed by atoms with E-state index in [1.807, 2.05) is 0 Å². The lowest BCUT2D eigenvalue weighted by Crippen LogP contribution is -2.41. The van der Waals surface area contributed by atoms with E-state index in [9.17, 15) is 13.2 Å². The van der Waals surface area contributed by atoms with E-state index in [0.717, 1.165) is 25.9 Å². The number of likely N-dealkylation sites (tertiary alicyclic amines) is 1. The van der Waals surface area contributed by atoms with E-state index in [0.29, 0.717) is 42.6 Å². The molecule has 1 saturated heterocycles. The topological polar surface area (TPSA) is 97.0 Å². The summed E-state index contributed by atoms with van der Waals surface area (Å²) in [7, 11) is -0.0299. The summed E-state index contributed by atoms with van der Waals surface area (Å²) in [4.78, 5) is 14.7. The Balaban J connectivity index is 1.75. The van der Waals surface area contributed by atoms with Crippen LogP contribution < -0.4 is 19.5 Å². The number of nitrogens with zero attached hydrogens (tertiary/aromatic N) is 1. The summed E-state index contributed by atoms with van der Waals surface area (Å²) >= 11 is 0. The number of methoxy groups -OCH3 is 2. The molecule has 0 unspecified atom stereocenters. The summed E-state index contributed by atoms with van der Waals surface area (Å²) in [6.45, 7) is 3.55. The molecule has 0 aromatic heterocycles. The number of sulfonamides is 1. The molecule has 1 fully saturated rings. The molecule has 1 aliphatic heterocycles. The molecule has 9 heteroatoms. The number of hydrogen-bond donors (Lipinski definition) is 2. The predicted octanol–water partition coefficient (Wildman–Crippen LogP) is 0.695. The fourth-order valence-corrected chi connectivity index (χ4v) is 3.54. The number of nitrogens with one attached hydrogen (secondary N) is 2. The first kappa shape index (κ1) is 21.5. The highest BCUT2D eigenvalue weighted by Gasteiger charge is 2.20. The van der Waals surface area contributed by atoms with Crippen molar-refractivity contribution in [2.45, 2.75) is 12.8 Å². The third kappa shape index (κ3) is 7.36. The van der Waals surface area contributed by atoms with Crippen LogP contribution in [0.15, 0.2) is 18.2 Å². The zero-order chi connectivity index (χ0) is 19.9. The first-order valence-electron chi connectivity index (χ1n) is 8.99. The van der Waals surface area contributed by atoms with Gasteiger partial charge in [-0.05, 0) is 44.0 Å². The lowest BCUT2D eigenvalue weighted by atomic mass is 9.96. The summed E-state index contributed by atoms with van der Waals surface area (Å²) in [6.07, 6.45) is 3.11. The van der Waals surface area contributed by atoms with E-state index in [-0.39, 0.29) is 5.91 Å². The van der Waals surface area contributed by atoms with Gasteiger partial charge in [-0.15, -0.1) is 0 Å². The van der Waals surface area contributed by atoms with Crippen LogP contribution in [0.1, 0.15) is 23.2 Å². The Morgan fingerprint density at radius 2 is 1.74 bits per heavy atom. The number of ether oxygens (including phenoxy) is 2. The van der Waals surface area contributed by atoms with Gasteiger partial charge in [0, 0.05) is 31.3 Å². The minimum Gasteiger partial charge on any atom is -0.497 e. The summed E-state index contributed by atoms with van der Waals surface area (Å²) in [5.74, 6) is 1.43. The van der Waals surface area contributed by atoms with E-state index in [1.165, 1.54) is 6.26 Å². The van der Waals surface area contributed by atoms with Gasteiger partial charge in [-0.1, -0.05) is 0 Å². The third-order valence-electron chi connectivity index (χ3n) is 4.66. The van der Waals surface area contributed by atoms with Crippen molar-refractivity contribution < 1.29 is 22.7 Å². The molecular weight excluding hydrogens is 370 g/mol. The van der Waals surface area contributed by atoms with Crippen molar-refractivity contribution in [3.63, 3.8) is 0 Å². The second-order valence-electron chi connectivity index (χ2n) is 6.76. The number of hydrogen-bond acceptors (Lipinski definition) is 6. The van der Waals surface area contributed by atoms with Gasteiger partial charge in [0.25, 0.3) is 5.91 Å². The maximum Gasteiger partial charge on any atom is 0.251 e. The zero-order valence-electron chi connectivity index (χ0n) is 16.2. The molecule has 1 aromatic rings. The minimum atomic E-state index is -3.13. The van der Waals surface area contributed by atoms with Crippen LogP contribution in [0.2, 0.25) is 0 Å². The smallest absolute Gasteiger partial charge is 0.251 e. The van der Waals surface area contributed by atoms with Gasteiger partial charge in [0.05, 0.1) is 20.5 Å². The van der Waals surface area contributed by atoms with Gasteiger partial charge in [0.1, 0.15) is 11.5 Å². The number of rotatable bonds is 9. The molecule has 1 aromatic carbocycles. The number of piperidine rings is 1. The van der Waals surface area contributed by atoms with E-state index in [1.54, 1.807) is 32.4 Å². The Hall–Kier alpha value is -1.84. The number of amides is 1. The number of benzene rings is 1. The Labute approximate surface area is 161 Å². The Morgan fingerprint density at radius 3 is 2.26 bits per heavy atom. The fourth-order valence-electron chi connectivity index (χ4n) is 3.08. The highest BCUT2D eigenvalue weighted by Crippen LogP contribution is 2.22. The molecule has 1 aliphatic rings. The second-order valence-corrected chi connectivity index (χ2v) is 8.60. The molecule has 0 atom stereocenters. The molecule has 0 bridgehead atoms. The summed E-state index contributed by atoms with van der Waals surface area (Å²) in [6, 6.07) is 5.11. The van der Waals surface area contributed by atoms with E-state index in [2.05, 4.69) is 14.9 Å². The molecule has 2 N–H and O–H groups in total. The molecule has 27 heavy (non-hydrogen) atoms. The molecule has 1 amide bonds. The molecule has 0 radical (unpaired) electrons. The van der Waals surface area contributed by atoms with Gasteiger partial charge >= 0.3 is 0 Å². The van der Waals surface area contributed by atoms with Crippen molar-refractivity contribution in [1.29, 1.82) is 0 Å². The lowest BCUT2D eigenvalue weighted by molar-refractivity contribution is 0.0936. The third-order valence-corrected chi connectivity index (χ3v) is 5.39. The van der Waals surface area contributed by atoms with Crippen LogP contribution in [0.4, 0.5) is 0 Å². The summed E-state index contributed by atoms with van der Waals surface area (Å²) in [5, 5.41) is 2.99. The van der Waals surface area contributed by atoms with Gasteiger partial charge in [-0.3, -0.25) is 4.79 Å². The quantitative estimate of drug-likeness (QED) is 0.634. The Morgan fingerprint density at radius 1 is 1.15 bits per heavy atom. The minimum absolute atomic E-state index is 0.146. The van der Waals surface area contributed by atoms with E-state index >= 15 is 0 Å². The fraction of sp³-hybridized carbons (Fsp3) is 0.611. The zero-order valence-corrected chi connectivity index (χ0v) is 17.0. The van der Waals surface area contributed by atoms with Gasteiger partial charge in [0.2, 0.25) is 10.0 Å². The Bertz CT molecular complexity index is 708. The van der Waals surface area contributed by atoms with Crippen molar-refractivity contribution in [3.05, 3.63) is 23.8 Å². The number of carbonyl (C=O) groups excluding carboxylic acids is 1. The molecule has 0 spiro atoms. The maximum absolute atomic E-state index is 12.4. The van der Waals surface area contributed by atoms with Crippen LogP contribution in [0.3, 0.4) is 0 Å². The first-order chi connectivity index (χ1) is 12.8. The number of carbonyl (C=O) groups is 1. The molecule has 8 nitrogen and oxygen atoms in total. The van der Waals surface area contributed by atoms with Crippen LogP contribution in [0, 0.1) is 5.92 Å². The van der Waals surface area contributed by atoms with Gasteiger partial charge < -0.3 is 19.7 Å². The largest absolute Gasteiger partial charge is 0.497 e. The van der Waals surface area contributed by atoms with E-state index < -0.39 is 10.0 Å². The van der Waals surface area contributed by atoms with Crippen LogP contribution in [-0.4, -0.2) is 72.4 Å². The molecule has 152 valence electrons. The van der Waals surface area contributed by atoms with Crippen LogP contribution in [-0.2, 0) is 10.0 Å². The first-order valence-corrected chi connectivity index (χ1v) is 10.9. The average molecular weight is 400 g/mol. The molecule has 2 rings (SSSR count). The molecule has 0 aliphatic carbocycles.